The van der Waals surface area contributed by atoms with Gasteiger partial charge in [-0.15, -0.1) is 0 Å². The van der Waals surface area contributed by atoms with Crippen LogP contribution in [0, 0.1) is 17.8 Å². The predicted octanol–water partition coefficient (Wildman–Crippen LogP) is 3.19. The van der Waals surface area contributed by atoms with E-state index in [1.54, 1.807) is 0 Å². The molecule has 3 heteroatoms. The molecular formula is C18H32N2O. The van der Waals surface area contributed by atoms with E-state index >= 15 is 0 Å². The van der Waals surface area contributed by atoms with Gasteiger partial charge in [0.1, 0.15) is 0 Å². The molecule has 3 fully saturated rings. The summed E-state index contributed by atoms with van der Waals surface area (Å²) >= 11 is 0. The Morgan fingerprint density at radius 2 is 1.95 bits per heavy atom. The van der Waals surface area contributed by atoms with Crippen molar-refractivity contribution in [3.8, 4) is 0 Å². The zero-order valence-corrected chi connectivity index (χ0v) is 13.8. The first kappa shape index (κ1) is 15.3. The lowest BCUT2D eigenvalue weighted by molar-refractivity contribution is -0.139. The average molecular weight is 292 g/mol. The Labute approximate surface area is 129 Å². The molecule has 3 unspecified atom stereocenters. The zero-order chi connectivity index (χ0) is 14.8. The molecule has 1 amide bonds. The lowest BCUT2D eigenvalue weighted by Crippen LogP contribution is -2.46. The van der Waals surface area contributed by atoms with Gasteiger partial charge in [-0.3, -0.25) is 4.79 Å². The predicted molar refractivity (Wildman–Crippen MR) is 86.0 cm³/mol. The van der Waals surface area contributed by atoms with Gasteiger partial charge >= 0.3 is 0 Å². The van der Waals surface area contributed by atoms with Crippen LogP contribution in [0.5, 0.6) is 0 Å². The van der Waals surface area contributed by atoms with Crippen molar-refractivity contribution in [2.75, 3.05) is 13.1 Å². The van der Waals surface area contributed by atoms with Crippen LogP contribution in [-0.2, 0) is 4.79 Å². The second-order valence-corrected chi connectivity index (χ2v) is 7.68. The molecule has 3 nitrogen and oxygen atoms in total. The summed E-state index contributed by atoms with van der Waals surface area (Å²) in [5.41, 5.74) is 0. The van der Waals surface area contributed by atoms with Crippen LogP contribution in [-0.4, -0.2) is 36.0 Å². The number of carbonyl (C=O) groups is 1. The van der Waals surface area contributed by atoms with Crippen LogP contribution in [0.3, 0.4) is 0 Å². The molecule has 1 N–H and O–H groups in total. The van der Waals surface area contributed by atoms with Gasteiger partial charge < -0.3 is 10.2 Å². The van der Waals surface area contributed by atoms with Gasteiger partial charge in [0.15, 0.2) is 0 Å². The van der Waals surface area contributed by atoms with E-state index in [1.807, 2.05) is 0 Å². The van der Waals surface area contributed by atoms with Crippen molar-refractivity contribution < 1.29 is 4.79 Å². The highest BCUT2D eigenvalue weighted by Crippen LogP contribution is 2.37. The van der Waals surface area contributed by atoms with Crippen molar-refractivity contribution in [3.63, 3.8) is 0 Å². The molecule has 120 valence electrons. The van der Waals surface area contributed by atoms with E-state index in [0.717, 1.165) is 31.8 Å². The molecule has 2 saturated heterocycles. The summed E-state index contributed by atoms with van der Waals surface area (Å²) in [5, 5.41) is 3.47. The van der Waals surface area contributed by atoms with Gasteiger partial charge in [-0.25, -0.2) is 0 Å². The van der Waals surface area contributed by atoms with Crippen molar-refractivity contribution in [2.45, 2.75) is 77.3 Å². The number of likely N-dealkylation sites (tertiary alicyclic amines) is 1. The van der Waals surface area contributed by atoms with Gasteiger partial charge in [0.05, 0.1) is 0 Å². The Bertz CT molecular complexity index is 362. The van der Waals surface area contributed by atoms with E-state index < -0.39 is 0 Å². The molecule has 0 radical (unpaired) electrons. The topological polar surface area (TPSA) is 32.3 Å². The summed E-state index contributed by atoms with van der Waals surface area (Å²) in [4.78, 5) is 15.2. The molecule has 0 bridgehead atoms. The second-order valence-electron chi connectivity index (χ2n) is 7.68. The number of carbonyl (C=O) groups excluding carboxylic acids is 1. The quantitative estimate of drug-likeness (QED) is 0.863. The molecule has 2 aliphatic heterocycles. The fraction of sp³-hybridized carbons (Fsp3) is 0.944. The van der Waals surface area contributed by atoms with Crippen molar-refractivity contribution in [1.29, 1.82) is 0 Å². The molecule has 21 heavy (non-hydrogen) atoms. The van der Waals surface area contributed by atoms with E-state index in [0.29, 0.717) is 29.8 Å². The third-order valence-corrected chi connectivity index (χ3v) is 6.20. The maximum atomic E-state index is 13.0. The minimum absolute atomic E-state index is 0.324. The third kappa shape index (κ3) is 3.13. The summed E-state index contributed by atoms with van der Waals surface area (Å²) < 4.78 is 0. The lowest BCUT2D eigenvalue weighted by atomic mass is 9.79. The Hall–Kier alpha value is -0.570. The summed E-state index contributed by atoms with van der Waals surface area (Å²) in [6.45, 7) is 6.66. The smallest absolute Gasteiger partial charge is 0.226 e. The first-order valence-corrected chi connectivity index (χ1v) is 9.23. The molecule has 1 saturated carbocycles. The van der Waals surface area contributed by atoms with Crippen molar-refractivity contribution in [3.05, 3.63) is 0 Å². The van der Waals surface area contributed by atoms with Crippen LogP contribution < -0.4 is 5.32 Å². The minimum Gasteiger partial charge on any atom is -0.335 e. The van der Waals surface area contributed by atoms with E-state index in [-0.39, 0.29) is 0 Å². The summed E-state index contributed by atoms with van der Waals surface area (Å²) in [6, 6.07) is 0.956. The van der Waals surface area contributed by atoms with Crippen LogP contribution >= 0.6 is 0 Å². The molecule has 3 aliphatic rings. The van der Waals surface area contributed by atoms with Gasteiger partial charge in [-0.2, -0.15) is 0 Å². The number of nitrogens with zero attached hydrogens (tertiary/aromatic N) is 1. The van der Waals surface area contributed by atoms with E-state index in [2.05, 4.69) is 24.1 Å². The largest absolute Gasteiger partial charge is 0.335 e. The first-order valence-electron chi connectivity index (χ1n) is 9.23. The van der Waals surface area contributed by atoms with Crippen LogP contribution in [0.4, 0.5) is 0 Å². The van der Waals surface area contributed by atoms with Gasteiger partial charge in [-0.1, -0.05) is 26.2 Å². The Morgan fingerprint density at radius 1 is 1.19 bits per heavy atom. The van der Waals surface area contributed by atoms with Gasteiger partial charge in [-0.05, 0) is 50.9 Å². The molecule has 0 aromatic heterocycles. The zero-order valence-electron chi connectivity index (χ0n) is 13.8. The molecule has 3 atom stereocenters. The summed E-state index contributed by atoms with van der Waals surface area (Å²) in [5.74, 6) is 2.41. The fourth-order valence-corrected chi connectivity index (χ4v) is 4.95. The molecule has 2 heterocycles. The third-order valence-electron chi connectivity index (χ3n) is 6.20. The van der Waals surface area contributed by atoms with Crippen molar-refractivity contribution in [1.82, 2.24) is 10.2 Å². The number of amides is 1. The highest BCUT2D eigenvalue weighted by Gasteiger charge is 2.45. The first-order chi connectivity index (χ1) is 10.2. The second kappa shape index (κ2) is 6.68. The molecule has 0 spiro atoms. The number of hydrogen-bond acceptors (Lipinski definition) is 2. The molecular weight excluding hydrogens is 260 g/mol. The Kier molecular flexibility index (Phi) is 4.88. The van der Waals surface area contributed by atoms with Gasteiger partial charge in [0.2, 0.25) is 5.91 Å². The normalized spacial score (nSPS) is 39.5. The number of rotatable bonds is 4. The fourth-order valence-electron chi connectivity index (χ4n) is 4.95. The van der Waals surface area contributed by atoms with Crippen LogP contribution in [0.15, 0.2) is 0 Å². The minimum atomic E-state index is 0.324. The number of nitrogens with one attached hydrogen (secondary N) is 1. The maximum Gasteiger partial charge on any atom is 0.226 e. The van der Waals surface area contributed by atoms with Crippen molar-refractivity contribution >= 4 is 5.91 Å². The van der Waals surface area contributed by atoms with Gasteiger partial charge in [0, 0.05) is 31.1 Å². The molecule has 0 aromatic carbocycles. The van der Waals surface area contributed by atoms with Gasteiger partial charge in [0.25, 0.3) is 0 Å². The highest BCUT2D eigenvalue weighted by molar-refractivity contribution is 5.80. The lowest BCUT2D eigenvalue weighted by Gasteiger charge is -2.35. The Morgan fingerprint density at radius 3 is 2.67 bits per heavy atom. The molecule has 0 aromatic rings. The number of fused-ring (bicyclic) bond motifs is 1. The monoisotopic (exact) mass is 292 g/mol. The van der Waals surface area contributed by atoms with E-state index in [9.17, 15) is 4.79 Å². The van der Waals surface area contributed by atoms with Crippen LogP contribution in [0.1, 0.15) is 65.2 Å². The summed E-state index contributed by atoms with van der Waals surface area (Å²) in [7, 11) is 0. The van der Waals surface area contributed by atoms with E-state index in [4.69, 9.17) is 0 Å². The average Bonchev–Trinajstić information content (AvgIpc) is 3.05. The van der Waals surface area contributed by atoms with Crippen LogP contribution in [0.2, 0.25) is 0 Å². The standard InChI is InChI=1S/C18H32N2O/c1-3-4-5-14-6-8-15(9-7-14)18(21)20-13(2)10-16-11-19-12-17(16)20/h13-17,19H,3-12H2,1-2H3. The van der Waals surface area contributed by atoms with Crippen LogP contribution in [0.25, 0.3) is 0 Å². The molecule has 3 rings (SSSR count). The maximum absolute atomic E-state index is 13.0. The SMILES string of the molecule is CCCCC1CCC(C(=O)N2C(C)CC3CNCC32)CC1. The number of hydrogen-bond donors (Lipinski definition) is 1. The summed E-state index contributed by atoms with van der Waals surface area (Å²) in [6.07, 6.45) is 10.1. The highest BCUT2D eigenvalue weighted by atomic mass is 16.2. The van der Waals surface area contributed by atoms with E-state index in [1.165, 1.54) is 38.5 Å². The molecule has 1 aliphatic carbocycles. The number of unbranched alkanes of at least 4 members (excludes halogenated alkanes) is 1. The van der Waals surface area contributed by atoms with Crippen molar-refractivity contribution in [2.24, 2.45) is 17.8 Å². The Balaban J connectivity index is 1.54.